The Morgan fingerprint density at radius 3 is 2.54 bits per heavy atom. The van der Waals surface area contributed by atoms with Crippen LogP contribution in [0.3, 0.4) is 0 Å². The lowest BCUT2D eigenvalue weighted by Crippen LogP contribution is -2.31. The molecule has 0 radical (unpaired) electrons. The average molecular weight is 409 g/mol. The molecule has 1 atom stereocenters. The number of carbonyl (C=O) groups is 1. The highest BCUT2D eigenvalue weighted by atomic mass is 79.9. The maximum atomic E-state index is 12.2. The van der Waals surface area contributed by atoms with Gasteiger partial charge in [-0.05, 0) is 49.7 Å². The number of nitrogens with one attached hydrogen (secondary N) is 1. The van der Waals surface area contributed by atoms with Gasteiger partial charge in [-0.1, -0.05) is 34.6 Å². The molecular formula is C17H17BrN2O3S. The number of nitro benzene ring substituents is 1. The summed E-state index contributed by atoms with van der Waals surface area (Å²) in [6, 6.07) is 12.1. The Labute approximate surface area is 153 Å². The molecule has 1 amide bonds. The van der Waals surface area contributed by atoms with Gasteiger partial charge in [-0.3, -0.25) is 14.9 Å². The zero-order chi connectivity index (χ0) is 17.7. The summed E-state index contributed by atoms with van der Waals surface area (Å²) in [7, 11) is 0. The highest BCUT2D eigenvalue weighted by Crippen LogP contribution is 2.35. The van der Waals surface area contributed by atoms with E-state index in [1.54, 1.807) is 12.1 Å². The molecule has 0 fully saturated rings. The fraction of sp³-hybridized carbons (Fsp3) is 0.235. The number of amides is 1. The summed E-state index contributed by atoms with van der Waals surface area (Å²) in [5, 5.41) is 14.2. The number of nitrogens with zero attached hydrogens (tertiary/aromatic N) is 1. The van der Waals surface area contributed by atoms with Crippen molar-refractivity contribution < 1.29 is 9.72 Å². The molecular weight excluding hydrogens is 392 g/mol. The number of hydrogen-bond donors (Lipinski definition) is 1. The molecule has 2 aromatic carbocycles. The van der Waals surface area contributed by atoms with Crippen molar-refractivity contribution in [2.24, 2.45) is 0 Å². The van der Waals surface area contributed by atoms with E-state index < -0.39 is 4.92 Å². The van der Waals surface area contributed by atoms with E-state index in [9.17, 15) is 14.9 Å². The van der Waals surface area contributed by atoms with Crippen LogP contribution in [-0.2, 0) is 0 Å². The van der Waals surface area contributed by atoms with Crippen LogP contribution in [-0.4, -0.2) is 16.9 Å². The normalized spacial score (nSPS) is 11.8. The second-order valence-corrected chi connectivity index (χ2v) is 7.31. The first-order valence-corrected chi connectivity index (χ1v) is 9.04. The fourth-order valence-electron chi connectivity index (χ4n) is 1.93. The molecule has 0 aromatic heterocycles. The summed E-state index contributed by atoms with van der Waals surface area (Å²) < 4.78 is 0.943. The molecule has 0 aliphatic heterocycles. The number of hydrogen-bond acceptors (Lipinski definition) is 4. The maximum Gasteiger partial charge on any atom is 0.284 e. The summed E-state index contributed by atoms with van der Waals surface area (Å²) in [5.74, 6) is -0.298. The van der Waals surface area contributed by atoms with Gasteiger partial charge in [0.2, 0.25) is 0 Å². The predicted octanol–water partition coefficient (Wildman–Crippen LogP) is 5.04. The SMILES string of the molecule is CC[C@@H](C)NC(=O)c1ccc(Sc2ccc(Br)cc2)c([N+](=O)[O-])c1. The minimum Gasteiger partial charge on any atom is -0.350 e. The van der Waals surface area contributed by atoms with Crippen molar-refractivity contribution in [2.45, 2.75) is 36.1 Å². The maximum absolute atomic E-state index is 12.2. The number of carbonyl (C=O) groups excluding carboxylic acids is 1. The van der Waals surface area contributed by atoms with Gasteiger partial charge in [0, 0.05) is 27.0 Å². The Balaban J connectivity index is 2.28. The van der Waals surface area contributed by atoms with Crippen molar-refractivity contribution in [3.05, 3.63) is 62.6 Å². The number of rotatable bonds is 6. The van der Waals surface area contributed by atoms with Crippen molar-refractivity contribution in [3.63, 3.8) is 0 Å². The van der Waals surface area contributed by atoms with Crippen LogP contribution in [0.5, 0.6) is 0 Å². The fourth-order valence-corrected chi connectivity index (χ4v) is 3.09. The Hall–Kier alpha value is -1.86. The third kappa shape index (κ3) is 4.82. The van der Waals surface area contributed by atoms with Crippen molar-refractivity contribution in [2.75, 3.05) is 0 Å². The van der Waals surface area contributed by atoms with E-state index in [2.05, 4.69) is 21.2 Å². The third-order valence-corrected chi connectivity index (χ3v) is 5.05. The van der Waals surface area contributed by atoms with E-state index in [0.717, 1.165) is 15.8 Å². The summed E-state index contributed by atoms with van der Waals surface area (Å²) >= 11 is 4.65. The van der Waals surface area contributed by atoms with E-state index in [1.807, 2.05) is 38.1 Å². The van der Waals surface area contributed by atoms with Gasteiger partial charge in [-0.2, -0.15) is 0 Å². The largest absolute Gasteiger partial charge is 0.350 e. The molecule has 7 heteroatoms. The highest BCUT2D eigenvalue weighted by Gasteiger charge is 2.19. The van der Waals surface area contributed by atoms with Gasteiger partial charge in [-0.15, -0.1) is 0 Å². The van der Waals surface area contributed by atoms with Crippen molar-refractivity contribution in [1.29, 1.82) is 0 Å². The van der Waals surface area contributed by atoms with E-state index in [4.69, 9.17) is 0 Å². The molecule has 0 spiro atoms. The molecule has 5 nitrogen and oxygen atoms in total. The van der Waals surface area contributed by atoms with Crippen LogP contribution in [0.15, 0.2) is 56.7 Å². The van der Waals surface area contributed by atoms with Gasteiger partial charge < -0.3 is 5.32 Å². The molecule has 0 unspecified atom stereocenters. The first-order valence-electron chi connectivity index (χ1n) is 7.43. The molecule has 1 N–H and O–H groups in total. The molecule has 0 aliphatic carbocycles. The summed E-state index contributed by atoms with van der Waals surface area (Å²) in [4.78, 5) is 24.5. The monoisotopic (exact) mass is 408 g/mol. The van der Waals surface area contributed by atoms with Crippen LogP contribution in [0.2, 0.25) is 0 Å². The molecule has 126 valence electrons. The van der Waals surface area contributed by atoms with Crippen LogP contribution < -0.4 is 5.32 Å². The summed E-state index contributed by atoms with van der Waals surface area (Å²) in [6.45, 7) is 3.86. The van der Waals surface area contributed by atoms with Gasteiger partial charge in [0.15, 0.2) is 0 Å². The zero-order valence-electron chi connectivity index (χ0n) is 13.3. The first kappa shape index (κ1) is 18.5. The van der Waals surface area contributed by atoms with Crippen molar-refractivity contribution in [1.82, 2.24) is 5.32 Å². The minimum atomic E-state index is -0.457. The van der Waals surface area contributed by atoms with E-state index in [-0.39, 0.29) is 17.6 Å². The number of benzene rings is 2. The molecule has 2 aromatic rings. The molecule has 0 saturated heterocycles. The second-order valence-electron chi connectivity index (χ2n) is 5.28. The van der Waals surface area contributed by atoms with Crippen LogP contribution in [0.25, 0.3) is 0 Å². The van der Waals surface area contributed by atoms with Crippen molar-refractivity contribution >= 4 is 39.3 Å². The van der Waals surface area contributed by atoms with Crippen LogP contribution >= 0.6 is 27.7 Å². The lowest BCUT2D eigenvalue weighted by Gasteiger charge is -2.11. The first-order chi connectivity index (χ1) is 11.4. The van der Waals surface area contributed by atoms with E-state index in [1.165, 1.54) is 17.8 Å². The van der Waals surface area contributed by atoms with Gasteiger partial charge >= 0.3 is 0 Å². The average Bonchev–Trinajstić information content (AvgIpc) is 2.56. The number of halogens is 1. The Bertz CT molecular complexity index is 750. The summed E-state index contributed by atoms with van der Waals surface area (Å²) in [6.07, 6.45) is 0.797. The Morgan fingerprint density at radius 1 is 1.29 bits per heavy atom. The zero-order valence-corrected chi connectivity index (χ0v) is 15.7. The molecule has 0 heterocycles. The standard InChI is InChI=1S/C17H17BrN2O3S/c1-3-11(2)19-17(21)12-4-9-16(15(10-12)20(22)23)24-14-7-5-13(18)6-8-14/h4-11H,3H2,1-2H3,(H,19,21)/t11-/m1/s1. The Kier molecular flexibility index (Phi) is 6.39. The number of nitro groups is 1. The van der Waals surface area contributed by atoms with Crippen molar-refractivity contribution in [3.8, 4) is 0 Å². The lowest BCUT2D eigenvalue weighted by molar-refractivity contribution is -0.387. The van der Waals surface area contributed by atoms with Gasteiger partial charge in [-0.25, -0.2) is 0 Å². The van der Waals surface area contributed by atoms with Gasteiger partial charge in [0.1, 0.15) is 0 Å². The van der Waals surface area contributed by atoms with Gasteiger partial charge in [0.25, 0.3) is 11.6 Å². The van der Waals surface area contributed by atoms with Crippen LogP contribution in [0, 0.1) is 10.1 Å². The smallest absolute Gasteiger partial charge is 0.284 e. The molecule has 0 bridgehead atoms. The third-order valence-electron chi connectivity index (χ3n) is 3.45. The topological polar surface area (TPSA) is 72.2 Å². The Morgan fingerprint density at radius 2 is 1.96 bits per heavy atom. The molecule has 2 rings (SSSR count). The quantitative estimate of drug-likeness (QED) is 0.536. The van der Waals surface area contributed by atoms with E-state index >= 15 is 0 Å². The van der Waals surface area contributed by atoms with Crippen LogP contribution in [0.1, 0.15) is 30.6 Å². The molecule has 24 heavy (non-hydrogen) atoms. The highest BCUT2D eigenvalue weighted by molar-refractivity contribution is 9.10. The summed E-state index contributed by atoms with van der Waals surface area (Å²) in [5.41, 5.74) is 0.224. The molecule has 0 saturated carbocycles. The lowest BCUT2D eigenvalue weighted by atomic mass is 10.1. The van der Waals surface area contributed by atoms with Crippen LogP contribution in [0.4, 0.5) is 5.69 Å². The van der Waals surface area contributed by atoms with E-state index in [0.29, 0.717) is 10.5 Å². The second kappa shape index (κ2) is 8.30. The van der Waals surface area contributed by atoms with Gasteiger partial charge in [0.05, 0.1) is 9.82 Å². The molecule has 0 aliphatic rings. The minimum absolute atomic E-state index is 0.0216. The predicted molar refractivity (Wildman–Crippen MR) is 98.6 cm³/mol.